The van der Waals surface area contributed by atoms with E-state index < -0.39 is 27.6 Å². The lowest BCUT2D eigenvalue weighted by molar-refractivity contribution is -0.135. The minimum absolute atomic E-state index is 0.0560. The van der Waals surface area contributed by atoms with Crippen molar-refractivity contribution in [2.75, 3.05) is 18.4 Å². The molecule has 1 rings (SSSR count). The van der Waals surface area contributed by atoms with E-state index in [1.807, 2.05) is 0 Å². The first kappa shape index (κ1) is 18.0. The lowest BCUT2D eigenvalue weighted by Crippen LogP contribution is -2.40. The number of hydrogen-bond acceptors (Lipinski definition) is 2. The minimum atomic E-state index is -4.65. The maximum absolute atomic E-state index is 12.5. The van der Waals surface area contributed by atoms with Gasteiger partial charge in [-0.15, -0.1) is 0 Å². The molecule has 0 saturated carbocycles. The number of sulfonamides is 1. The van der Waals surface area contributed by atoms with Crippen LogP contribution in [-0.2, 0) is 10.0 Å². The highest BCUT2D eigenvalue weighted by atomic mass is 79.9. The average Bonchev–Trinajstić information content (AvgIpc) is 2.30. The third-order valence-corrected chi connectivity index (χ3v) is 5.12. The molecule has 0 bridgehead atoms. The maximum Gasteiger partial charge on any atom is 0.402 e. The highest BCUT2D eigenvalue weighted by molar-refractivity contribution is 9.09. The summed E-state index contributed by atoms with van der Waals surface area (Å²) in [6, 6.07) is 3.59. The van der Waals surface area contributed by atoms with Crippen molar-refractivity contribution in [1.29, 1.82) is 0 Å². The maximum atomic E-state index is 12.5. The van der Waals surface area contributed by atoms with Crippen LogP contribution < -0.4 is 0 Å². The van der Waals surface area contributed by atoms with Crippen LogP contribution in [0.3, 0.4) is 0 Å². The van der Waals surface area contributed by atoms with Crippen molar-refractivity contribution >= 4 is 49.2 Å². The van der Waals surface area contributed by atoms with E-state index in [2.05, 4.69) is 15.9 Å². The van der Waals surface area contributed by atoms with Crippen LogP contribution in [0.2, 0.25) is 10.0 Å². The average molecular weight is 415 g/mol. The zero-order valence-electron chi connectivity index (χ0n) is 9.79. The fraction of sp³-hybridized carbons (Fsp3) is 0.400. The second-order valence-corrected chi connectivity index (χ2v) is 7.26. The molecule has 0 N–H and O–H groups in total. The second-order valence-electron chi connectivity index (χ2n) is 3.72. The van der Waals surface area contributed by atoms with Crippen LogP contribution >= 0.6 is 39.1 Å². The van der Waals surface area contributed by atoms with E-state index in [1.54, 1.807) is 0 Å². The summed E-state index contributed by atoms with van der Waals surface area (Å²) in [5.41, 5.74) is 0. The van der Waals surface area contributed by atoms with Gasteiger partial charge in [0.25, 0.3) is 0 Å². The van der Waals surface area contributed by atoms with E-state index in [0.717, 1.165) is 6.07 Å². The normalized spacial score (nSPS) is 12.9. The molecule has 0 aliphatic heterocycles. The van der Waals surface area contributed by atoms with Crippen molar-refractivity contribution in [2.24, 2.45) is 0 Å². The van der Waals surface area contributed by atoms with Gasteiger partial charge in [-0.3, -0.25) is 0 Å². The Hall–Kier alpha value is -0.0200. The van der Waals surface area contributed by atoms with Crippen LogP contribution in [0.5, 0.6) is 0 Å². The Morgan fingerprint density at radius 2 is 1.85 bits per heavy atom. The van der Waals surface area contributed by atoms with Gasteiger partial charge in [0, 0.05) is 16.9 Å². The molecule has 0 aromatic heterocycles. The van der Waals surface area contributed by atoms with Gasteiger partial charge in [0.1, 0.15) is 11.4 Å². The Bertz CT molecular complexity index is 580. The molecule has 0 saturated heterocycles. The van der Waals surface area contributed by atoms with E-state index in [1.165, 1.54) is 12.1 Å². The van der Waals surface area contributed by atoms with Crippen molar-refractivity contribution in [3.8, 4) is 0 Å². The third kappa shape index (κ3) is 4.77. The van der Waals surface area contributed by atoms with Crippen LogP contribution in [0, 0.1) is 0 Å². The van der Waals surface area contributed by atoms with Gasteiger partial charge >= 0.3 is 6.18 Å². The van der Waals surface area contributed by atoms with Gasteiger partial charge in [0.2, 0.25) is 10.0 Å². The number of rotatable bonds is 5. The van der Waals surface area contributed by atoms with Crippen LogP contribution in [0.25, 0.3) is 0 Å². The second kappa shape index (κ2) is 6.83. The SMILES string of the molecule is O=S(=O)(c1cc(Cl)ccc1Cl)N(CCBr)CC(F)(F)F. The summed E-state index contributed by atoms with van der Waals surface area (Å²) in [5.74, 6) is 0. The summed E-state index contributed by atoms with van der Waals surface area (Å²) in [4.78, 5) is -0.447. The summed E-state index contributed by atoms with van der Waals surface area (Å²) in [6.07, 6.45) is -4.65. The van der Waals surface area contributed by atoms with Crippen LogP contribution in [0.4, 0.5) is 13.2 Å². The van der Waals surface area contributed by atoms with E-state index in [9.17, 15) is 21.6 Å². The molecular weight excluding hydrogens is 406 g/mol. The highest BCUT2D eigenvalue weighted by Gasteiger charge is 2.37. The first-order chi connectivity index (χ1) is 9.08. The van der Waals surface area contributed by atoms with Gasteiger partial charge in [-0.2, -0.15) is 17.5 Å². The molecule has 10 heteroatoms. The van der Waals surface area contributed by atoms with Crippen molar-refractivity contribution in [3.05, 3.63) is 28.2 Å². The Morgan fingerprint density at radius 1 is 1.25 bits per heavy atom. The molecule has 20 heavy (non-hydrogen) atoms. The van der Waals surface area contributed by atoms with E-state index in [0.29, 0.717) is 4.31 Å². The fourth-order valence-corrected chi connectivity index (χ4v) is 4.22. The monoisotopic (exact) mass is 413 g/mol. The summed E-state index contributed by atoms with van der Waals surface area (Å²) in [6.45, 7) is -1.94. The predicted octanol–water partition coefficient (Wildman–Crippen LogP) is 3.94. The molecule has 0 aliphatic rings. The number of halogens is 6. The quantitative estimate of drug-likeness (QED) is 0.684. The van der Waals surface area contributed by atoms with Crippen molar-refractivity contribution < 1.29 is 21.6 Å². The highest BCUT2D eigenvalue weighted by Crippen LogP contribution is 2.29. The summed E-state index contributed by atoms with van der Waals surface area (Å²) < 4.78 is 62.2. The summed E-state index contributed by atoms with van der Waals surface area (Å²) in [5, 5.41) is -0.0598. The molecule has 0 spiro atoms. The van der Waals surface area contributed by atoms with E-state index in [4.69, 9.17) is 23.2 Å². The van der Waals surface area contributed by atoms with E-state index in [-0.39, 0.29) is 21.9 Å². The lowest BCUT2D eigenvalue weighted by atomic mass is 10.4. The first-order valence-electron chi connectivity index (χ1n) is 5.16. The van der Waals surface area contributed by atoms with Gasteiger partial charge in [-0.05, 0) is 18.2 Å². The summed E-state index contributed by atoms with van der Waals surface area (Å²) in [7, 11) is -4.38. The molecule has 114 valence electrons. The lowest BCUT2D eigenvalue weighted by Gasteiger charge is -2.23. The third-order valence-electron chi connectivity index (χ3n) is 2.20. The minimum Gasteiger partial charge on any atom is -0.207 e. The van der Waals surface area contributed by atoms with Crippen molar-refractivity contribution in [3.63, 3.8) is 0 Å². The molecule has 0 radical (unpaired) electrons. The number of hydrogen-bond donors (Lipinski definition) is 0. The largest absolute Gasteiger partial charge is 0.402 e. The number of benzene rings is 1. The topological polar surface area (TPSA) is 37.4 Å². The summed E-state index contributed by atoms with van der Waals surface area (Å²) >= 11 is 14.3. The molecule has 0 amide bonds. The molecule has 0 unspecified atom stereocenters. The number of alkyl halides is 4. The fourth-order valence-electron chi connectivity index (χ4n) is 1.39. The van der Waals surface area contributed by atoms with Crippen LogP contribution in [-0.4, -0.2) is 37.3 Å². The zero-order valence-corrected chi connectivity index (χ0v) is 13.7. The molecular formula is C10H9BrCl2F3NO2S. The zero-order chi connectivity index (χ0) is 15.6. The standard InChI is InChI=1S/C10H9BrCl2F3NO2S/c11-3-4-17(6-10(14,15)16)20(18,19)9-5-7(12)1-2-8(9)13/h1-2,5H,3-4,6H2. The van der Waals surface area contributed by atoms with Gasteiger partial charge in [-0.1, -0.05) is 39.1 Å². The van der Waals surface area contributed by atoms with Gasteiger partial charge in [-0.25, -0.2) is 8.42 Å². The van der Waals surface area contributed by atoms with Crippen molar-refractivity contribution in [2.45, 2.75) is 11.1 Å². The number of nitrogens with zero attached hydrogens (tertiary/aromatic N) is 1. The van der Waals surface area contributed by atoms with Gasteiger partial charge in [0.05, 0.1) is 5.02 Å². The predicted molar refractivity (Wildman–Crippen MR) is 75.1 cm³/mol. The molecule has 3 nitrogen and oxygen atoms in total. The van der Waals surface area contributed by atoms with Gasteiger partial charge < -0.3 is 0 Å². The molecule has 1 aromatic carbocycles. The van der Waals surface area contributed by atoms with Crippen molar-refractivity contribution in [1.82, 2.24) is 4.31 Å². The first-order valence-corrected chi connectivity index (χ1v) is 8.47. The molecule has 0 heterocycles. The Morgan fingerprint density at radius 3 is 2.35 bits per heavy atom. The van der Waals surface area contributed by atoms with Gasteiger partial charge in [0.15, 0.2) is 0 Å². The Balaban J connectivity index is 3.26. The smallest absolute Gasteiger partial charge is 0.207 e. The molecule has 0 fully saturated rings. The van der Waals surface area contributed by atoms with E-state index >= 15 is 0 Å². The Kier molecular flexibility index (Phi) is 6.15. The molecule has 1 aromatic rings. The molecule has 0 atom stereocenters. The Labute approximate surface area is 132 Å². The van der Waals surface area contributed by atoms with Crippen LogP contribution in [0.15, 0.2) is 23.1 Å². The molecule has 0 aliphatic carbocycles. The van der Waals surface area contributed by atoms with Crippen LogP contribution in [0.1, 0.15) is 0 Å².